The van der Waals surface area contributed by atoms with Crippen molar-refractivity contribution in [2.45, 2.75) is 76.2 Å². The van der Waals surface area contributed by atoms with Gasteiger partial charge in [-0.25, -0.2) is 0 Å². The predicted octanol–water partition coefficient (Wildman–Crippen LogP) is 9.99. The van der Waals surface area contributed by atoms with E-state index in [9.17, 15) is 31.1 Å². The van der Waals surface area contributed by atoms with Crippen molar-refractivity contribution in [2.75, 3.05) is 6.16 Å². The molecular weight excluding hydrogens is 651 g/mol. The van der Waals surface area contributed by atoms with Gasteiger partial charge in [0, 0.05) is 11.6 Å². The maximum Gasteiger partial charge on any atom is 2.00 e. The van der Waals surface area contributed by atoms with Crippen LogP contribution in [-0.2, 0) is 29.4 Å². The van der Waals surface area contributed by atoms with Crippen LogP contribution in [0.4, 0.5) is 26.3 Å². The quantitative estimate of drug-likeness (QED) is 0.114. The topological polar surface area (TPSA) is 29.1 Å². The van der Waals surface area contributed by atoms with Gasteiger partial charge < -0.3 is 20.2 Å². The number of alkyl halides is 6. The SMILES string of the molecule is C1CCCC1.O=C(N[C@H](CP(c1ccccc1)c1ccccc1)C1CCCC1)c1cc(C(F)(F)F)cc(C(F)(F)F)c1.[CH3-].[CH3-].[Fe+2]. The summed E-state index contributed by atoms with van der Waals surface area (Å²) in [6.07, 6.45) is 1.61. The van der Waals surface area contributed by atoms with Gasteiger partial charge in [0.1, 0.15) is 0 Å². The van der Waals surface area contributed by atoms with E-state index in [1.165, 1.54) is 32.1 Å². The summed E-state index contributed by atoms with van der Waals surface area (Å²) in [5.74, 6) is -0.834. The molecular formula is C35H42F6FeNOP. The Labute approximate surface area is 276 Å². The summed E-state index contributed by atoms with van der Waals surface area (Å²) in [7, 11) is -0.930. The zero-order valence-corrected chi connectivity index (χ0v) is 27.7. The Morgan fingerprint density at radius 3 is 1.47 bits per heavy atom. The number of nitrogens with one attached hydrogen (secondary N) is 1. The van der Waals surface area contributed by atoms with Crippen molar-refractivity contribution in [2.24, 2.45) is 5.92 Å². The molecule has 0 aromatic heterocycles. The number of carbonyl (C=O) groups is 1. The number of carbonyl (C=O) groups excluding carboxylic acids is 1. The number of hydrogen-bond donors (Lipinski definition) is 1. The van der Waals surface area contributed by atoms with Crippen LogP contribution >= 0.6 is 7.92 Å². The molecule has 1 amide bonds. The smallest absolute Gasteiger partial charge is 0.358 e. The van der Waals surface area contributed by atoms with Crippen LogP contribution in [0.1, 0.15) is 79.3 Å². The minimum absolute atomic E-state index is 0. The number of amides is 1. The van der Waals surface area contributed by atoms with E-state index in [1.807, 2.05) is 60.7 Å². The summed E-state index contributed by atoms with van der Waals surface area (Å²) in [6, 6.07) is 20.2. The van der Waals surface area contributed by atoms with Crippen molar-refractivity contribution in [1.82, 2.24) is 5.32 Å². The van der Waals surface area contributed by atoms with Crippen molar-refractivity contribution >= 4 is 24.4 Å². The van der Waals surface area contributed by atoms with Gasteiger partial charge in [0.05, 0.1) is 11.1 Å². The fourth-order valence-electron chi connectivity index (χ4n) is 5.67. The molecule has 0 aliphatic heterocycles. The van der Waals surface area contributed by atoms with Crippen molar-refractivity contribution in [1.29, 1.82) is 0 Å². The molecule has 45 heavy (non-hydrogen) atoms. The average Bonchev–Trinajstić information content (AvgIpc) is 3.73. The molecule has 1 atom stereocenters. The molecule has 0 unspecified atom stereocenters. The van der Waals surface area contributed by atoms with Gasteiger partial charge in [0.25, 0.3) is 5.91 Å². The molecule has 248 valence electrons. The van der Waals surface area contributed by atoms with Crippen LogP contribution in [0.2, 0.25) is 0 Å². The molecule has 2 fully saturated rings. The monoisotopic (exact) mass is 693 g/mol. The van der Waals surface area contributed by atoms with Crippen LogP contribution in [0, 0.1) is 20.8 Å². The Balaban J connectivity index is 0.00000115. The normalized spacial score (nSPS) is 15.5. The molecule has 3 aromatic rings. The van der Waals surface area contributed by atoms with Crippen LogP contribution in [0.3, 0.4) is 0 Å². The first-order chi connectivity index (χ1) is 20.0. The van der Waals surface area contributed by atoms with Crippen molar-refractivity contribution in [3.8, 4) is 0 Å². The fourth-order valence-corrected chi connectivity index (χ4v) is 8.23. The molecule has 2 saturated carbocycles. The third kappa shape index (κ3) is 12.1. The molecule has 0 bridgehead atoms. The summed E-state index contributed by atoms with van der Waals surface area (Å²) in [6.45, 7) is 0. The molecule has 0 saturated heterocycles. The van der Waals surface area contributed by atoms with Crippen molar-refractivity contribution in [3.63, 3.8) is 0 Å². The zero-order chi connectivity index (χ0) is 30.2. The fraction of sp³-hybridized carbons (Fsp3) is 0.400. The average molecular weight is 694 g/mol. The van der Waals surface area contributed by atoms with Crippen LogP contribution in [0.5, 0.6) is 0 Å². The summed E-state index contributed by atoms with van der Waals surface area (Å²) in [5.41, 5.74) is -3.64. The van der Waals surface area contributed by atoms with Crippen LogP contribution in [0.15, 0.2) is 78.9 Å². The van der Waals surface area contributed by atoms with Gasteiger partial charge in [-0.3, -0.25) is 4.79 Å². The third-order valence-electron chi connectivity index (χ3n) is 7.90. The summed E-state index contributed by atoms with van der Waals surface area (Å²) < 4.78 is 80.2. The molecule has 2 nitrogen and oxygen atoms in total. The van der Waals surface area contributed by atoms with Gasteiger partial charge in [0.15, 0.2) is 0 Å². The van der Waals surface area contributed by atoms with Gasteiger partial charge in [0.2, 0.25) is 0 Å². The number of halogens is 6. The van der Waals surface area contributed by atoms with E-state index >= 15 is 0 Å². The maximum absolute atomic E-state index is 13.4. The van der Waals surface area contributed by atoms with E-state index in [-0.39, 0.29) is 43.9 Å². The van der Waals surface area contributed by atoms with E-state index in [2.05, 4.69) is 5.32 Å². The molecule has 2 aliphatic rings. The number of benzene rings is 3. The van der Waals surface area contributed by atoms with E-state index in [0.717, 1.165) is 36.3 Å². The van der Waals surface area contributed by atoms with Gasteiger partial charge in [-0.05, 0) is 61.7 Å². The summed E-state index contributed by atoms with van der Waals surface area (Å²) in [4.78, 5) is 13.2. The second-order valence-corrected chi connectivity index (χ2v) is 13.2. The molecule has 3 aromatic carbocycles. The summed E-state index contributed by atoms with van der Waals surface area (Å²) in [5, 5.41) is 5.01. The van der Waals surface area contributed by atoms with Crippen LogP contribution in [0.25, 0.3) is 0 Å². The largest absolute Gasteiger partial charge is 2.00 e. The minimum Gasteiger partial charge on any atom is -0.358 e. The molecule has 2 aliphatic carbocycles. The van der Waals surface area contributed by atoms with Crippen molar-refractivity contribution in [3.05, 3.63) is 110 Å². The first-order valence-corrected chi connectivity index (χ1v) is 16.0. The Hall–Kier alpha value is -2.34. The minimum atomic E-state index is -5.02. The number of hydrogen-bond acceptors (Lipinski definition) is 1. The maximum atomic E-state index is 13.4. The second-order valence-electron chi connectivity index (χ2n) is 11.0. The van der Waals surface area contributed by atoms with Crippen molar-refractivity contribution < 1.29 is 48.2 Å². The Bertz CT molecular complexity index is 1200. The van der Waals surface area contributed by atoms with E-state index < -0.39 is 48.9 Å². The van der Waals surface area contributed by atoms with E-state index in [0.29, 0.717) is 18.3 Å². The number of rotatable bonds is 7. The first kappa shape index (κ1) is 40.7. The third-order valence-corrected chi connectivity index (χ3v) is 10.5. The van der Waals surface area contributed by atoms with Crippen LogP contribution < -0.4 is 15.9 Å². The zero-order valence-electron chi connectivity index (χ0n) is 25.7. The van der Waals surface area contributed by atoms with Crippen LogP contribution in [-0.4, -0.2) is 18.1 Å². The first-order valence-electron chi connectivity index (χ1n) is 14.5. The molecule has 0 radical (unpaired) electrons. The molecule has 0 spiro atoms. The molecule has 10 heteroatoms. The van der Waals surface area contributed by atoms with Gasteiger partial charge in [-0.15, -0.1) is 0 Å². The second kappa shape index (κ2) is 18.7. The molecule has 0 heterocycles. The Kier molecular flexibility index (Phi) is 16.9. The molecule has 1 N–H and O–H groups in total. The van der Waals surface area contributed by atoms with Gasteiger partial charge >= 0.3 is 29.4 Å². The summed E-state index contributed by atoms with van der Waals surface area (Å²) >= 11 is 0. The Morgan fingerprint density at radius 2 is 1.09 bits per heavy atom. The predicted molar refractivity (Wildman–Crippen MR) is 170 cm³/mol. The van der Waals surface area contributed by atoms with Gasteiger partial charge in [-0.2, -0.15) is 26.3 Å². The molecule has 5 rings (SSSR count). The van der Waals surface area contributed by atoms with E-state index in [4.69, 9.17) is 0 Å². The Morgan fingerprint density at radius 1 is 0.689 bits per heavy atom. The standard InChI is InChI=1S/C28H26F6NOP.C5H10.2CH3.Fe/c29-27(30,31)21-15-20(16-22(17-21)28(32,33)34)26(36)35-25(19-9-7-8-10-19)18-37(23-11-3-1-4-12-23)24-13-5-2-6-14-24;1-2-4-5-3-1;;;/h1-6,11-17,19,25H,7-10,18H2,(H,35,36);1-5H2;2*1H3;/q;;2*-1;+2/t25-;;;;/m1..../s1. The van der Waals surface area contributed by atoms with Gasteiger partial charge in [-0.1, -0.05) is 106 Å². The van der Waals surface area contributed by atoms with E-state index in [1.54, 1.807) is 0 Å².